The van der Waals surface area contributed by atoms with Gasteiger partial charge in [0.2, 0.25) is 0 Å². The first kappa shape index (κ1) is 20.5. The van der Waals surface area contributed by atoms with Crippen molar-refractivity contribution in [3.8, 4) is 11.5 Å². The predicted molar refractivity (Wildman–Crippen MR) is 115 cm³/mol. The van der Waals surface area contributed by atoms with Gasteiger partial charge in [0.1, 0.15) is 11.5 Å². The lowest BCUT2D eigenvalue weighted by molar-refractivity contribution is -0.121. The van der Waals surface area contributed by atoms with E-state index in [-0.39, 0.29) is 12.5 Å². The molecule has 0 aliphatic carbocycles. The molecule has 2 N–H and O–H groups in total. The van der Waals surface area contributed by atoms with Crippen LogP contribution in [0.25, 0.3) is 0 Å². The Morgan fingerprint density at radius 3 is 2.79 bits per heavy atom. The number of para-hydroxylation sites is 3. The van der Waals surface area contributed by atoms with E-state index in [0.717, 1.165) is 29.2 Å². The number of carbonyl (C=O) groups excluding carboxylic acids is 1. The molecule has 0 unspecified atom stereocenters. The molecule has 0 saturated heterocycles. The molecule has 0 aromatic heterocycles. The number of fused-ring (bicyclic) bond motifs is 1. The van der Waals surface area contributed by atoms with Gasteiger partial charge in [0.15, 0.2) is 12.6 Å². The number of nitrogens with zero attached hydrogens (tertiary/aromatic N) is 2. The van der Waals surface area contributed by atoms with Crippen LogP contribution in [0.1, 0.15) is 18.9 Å². The lowest BCUT2D eigenvalue weighted by atomic mass is 10.2. The van der Waals surface area contributed by atoms with Crippen LogP contribution in [0.5, 0.6) is 11.5 Å². The minimum Gasteiger partial charge on any atom is -0.494 e. The SMILES string of the molecule is CCOc1ccccc1CNC(=NC)NCCCN1C(=O)COc2ccccc21. The minimum atomic E-state index is -0.0151. The van der Waals surface area contributed by atoms with Crippen LogP contribution >= 0.6 is 0 Å². The molecule has 0 bridgehead atoms. The minimum absolute atomic E-state index is 0.0151. The second-order valence-electron chi connectivity index (χ2n) is 6.55. The Balaban J connectivity index is 1.47. The molecule has 2 aromatic carbocycles. The molecule has 29 heavy (non-hydrogen) atoms. The number of amides is 1. The second-order valence-corrected chi connectivity index (χ2v) is 6.55. The van der Waals surface area contributed by atoms with Crippen LogP contribution < -0.4 is 25.0 Å². The van der Waals surface area contributed by atoms with Crippen molar-refractivity contribution in [2.24, 2.45) is 4.99 Å². The third-order valence-electron chi connectivity index (χ3n) is 4.60. The number of ether oxygens (including phenoxy) is 2. The number of rotatable bonds is 8. The van der Waals surface area contributed by atoms with E-state index in [2.05, 4.69) is 15.6 Å². The Labute approximate surface area is 171 Å². The van der Waals surface area contributed by atoms with Crippen LogP contribution in [-0.2, 0) is 11.3 Å². The summed E-state index contributed by atoms with van der Waals surface area (Å²) in [5.74, 6) is 2.33. The fourth-order valence-electron chi connectivity index (χ4n) is 3.19. The van der Waals surface area contributed by atoms with Crippen molar-refractivity contribution in [1.29, 1.82) is 0 Å². The molecule has 0 radical (unpaired) electrons. The summed E-state index contributed by atoms with van der Waals surface area (Å²) >= 11 is 0. The molecule has 0 atom stereocenters. The standard InChI is InChI=1S/C22H28N4O3/c1-3-28-19-11-6-4-9-17(19)15-25-22(23-2)24-13-8-14-26-18-10-5-7-12-20(18)29-16-21(26)27/h4-7,9-12H,3,8,13-16H2,1-2H3,(H2,23,24,25). The van der Waals surface area contributed by atoms with Crippen LogP contribution in [0.4, 0.5) is 5.69 Å². The summed E-state index contributed by atoms with van der Waals surface area (Å²) in [6.07, 6.45) is 0.788. The van der Waals surface area contributed by atoms with Gasteiger partial charge in [-0.3, -0.25) is 9.79 Å². The summed E-state index contributed by atoms with van der Waals surface area (Å²) in [4.78, 5) is 18.3. The molecule has 7 heteroatoms. The number of hydrogen-bond acceptors (Lipinski definition) is 4. The summed E-state index contributed by atoms with van der Waals surface area (Å²) in [5, 5.41) is 6.60. The smallest absolute Gasteiger partial charge is 0.265 e. The molecule has 2 aromatic rings. The van der Waals surface area contributed by atoms with Gasteiger partial charge in [0, 0.05) is 32.2 Å². The summed E-state index contributed by atoms with van der Waals surface area (Å²) in [6, 6.07) is 15.6. The molecule has 3 rings (SSSR count). The second kappa shape index (κ2) is 10.4. The summed E-state index contributed by atoms with van der Waals surface area (Å²) in [7, 11) is 1.74. The van der Waals surface area contributed by atoms with E-state index in [9.17, 15) is 4.79 Å². The fraction of sp³-hybridized carbons (Fsp3) is 0.364. The molecule has 1 heterocycles. The zero-order valence-corrected chi connectivity index (χ0v) is 17.0. The van der Waals surface area contributed by atoms with Crippen LogP contribution in [0.15, 0.2) is 53.5 Å². The number of nitrogens with one attached hydrogen (secondary N) is 2. The largest absolute Gasteiger partial charge is 0.494 e. The average molecular weight is 396 g/mol. The van der Waals surface area contributed by atoms with E-state index < -0.39 is 0 Å². The topological polar surface area (TPSA) is 75.2 Å². The molecule has 0 fully saturated rings. The highest BCUT2D eigenvalue weighted by Crippen LogP contribution is 2.31. The van der Waals surface area contributed by atoms with Gasteiger partial charge in [-0.05, 0) is 31.5 Å². The lowest BCUT2D eigenvalue weighted by Crippen LogP contribution is -2.42. The highest BCUT2D eigenvalue weighted by atomic mass is 16.5. The van der Waals surface area contributed by atoms with Crippen molar-refractivity contribution in [1.82, 2.24) is 10.6 Å². The van der Waals surface area contributed by atoms with Gasteiger partial charge in [-0.2, -0.15) is 0 Å². The number of anilines is 1. The molecule has 0 spiro atoms. The third kappa shape index (κ3) is 5.40. The molecule has 1 aliphatic heterocycles. The quantitative estimate of drug-likeness (QED) is 0.408. The van der Waals surface area contributed by atoms with Crippen molar-refractivity contribution in [3.05, 3.63) is 54.1 Å². The number of benzene rings is 2. The van der Waals surface area contributed by atoms with Crippen LogP contribution in [0, 0.1) is 0 Å². The zero-order valence-electron chi connectivity index (χ0n) is 17.0. The first-order valence-corrected chi connectivity index (χ1v) is 9.90. The van der Waals surface area contributed by atoms with E-state index in [1.807, 2.05) is 55.5 Å². The van der Waals surface area contributed by atoms with Crippen LogP contribution in [0.2, 0.25) is 0 Å². The Morgan fingerprint density at radius 1 is 1.17 bits per heavy atom. The van der Waals surface area contributed by atoms with Crippen molar-refractivity contribution in [3.63, 3.8) is 0 Å². The highest BCUT2D eigenvalue weighted by Gasteiger charge is 2.24. The Bertz CT molecular complexity index is 853. The van der Waals surface area contributed by atoms with E-state index in [0.29, 0.717) is 32.2 Å². The Hall–Kier alpha value is -3.22. The molecule has 1 aliphatic rings. The van der Waals surface area contributed by atoms with Crippen molar-refractivity contribution < 1.29 is 14.3 Å². The molecule has 0 saturated carbocycles. The van der Waals surface area contributed by atoms with Crippen LogP contribution in [0.3, 0.4) is 0 Å². The average Bonchev–Trinajstić information content (AvgIpc) is 2.75. The monoisotopic (exact) mass is 396 g/mol. The molecule has 1 amide bonds. The van der Waals surface area contributed by atoms with Gasteiger partial charge in [0.25, 0.3) is 5.91 Å². The van der Waals surface area contributed by atoms with E-state index >= 15 is 0 Å². The third-order valence-corrected chi connectivity index (χ3v) is 4.60. The molecule has 154 valence electrons. The zero-order chi connectivity index (χ0) is 20.5. The van der Waals surface area contributed by atoms with E-state index in [1.54, 1.807) is 11.9 Å². The van der Waals surface area contributed by atoms with Gasteiger partial charge < -0.3 is 25.0 Å². The first-order valence-electron chi connectivity index (χ1n) is 9.90. The Morgan fingerprint density at radius 2 is 1.97 bits per heavy atom. The van der Waals surface area contributed by atoms with Gasteiger partial charge in [-0.15, -0.1) is 0 Å². The number of hydrogen-bond donors (Lipinski definition) is 2. The van der Waals surface area contributed by atoms with E-state index in [1.165, 1.54) is 0 Å². The maximum Gasteiger partial charge on any atom is 0.265 e. The summed E-state index contributed by atoms with van der Waals surface area (Å²) < 4.78 is 11.1. The fourth-order valence-corrected chi connectivity index (χ4v) is 3.19. The molecule has 7 nitrogen and oxygen atoms in total. The van der Waals surface area contributed by atoms with Crippen LogP contribution in [-0.4, -0.2) is 45.2 Å². The van der Waals surface area contributed by atoms with Gasteiger partial charge in [-0.25, -0.2) is 0 Å². The van der Waals surface area contributed by atoms with E-state index in [4.69, 9.17) is 9.47 Å². The van der Waals surface area contributed by atoms with Gasteiger partial charge in [0.05, 0.1) is 12.3 Å². The summed E-state index contributed by atoms with van der Waals surface area (Å²) in [6.45, 7) is 4.63. The highest BCUT2D eigenvalue weighted by molar-refractivity contribution is 5.97. The predicted octanol–water partition coefficient (Wildman–Crippen LogP) is 2.57. The maximum atomic E-state index is 12.2. The van der Waals surface area contributed by atoms with Crippen molar-refractivity contribution >= 4 is 17.6 Å². The normalized spacial score (nSPS) is 13.5. The number of guanidine groups is 1. The van der Waals surface area contributed by atoms with Gasteiger partial charge in [-0.1, -0.05) is 30.3 Å². The summed E-state index contributed by atoms with van der Waals surface area (Å²) in [5.41, 5.74) is 1.91. The maximum absolute atomic E-state index is 12.2. The van der Waals surface area contributed by atoms with Crippen molar-refractivity contribution in [2.75, 3.05) is 38.3 Å². The molecular formula is C22H28N4O3. The Kier molecular flexibility index (Phi) is 7.33. The first-order chi connectivity index (χ1) is 14.2. The number of aliphatic imine (C=N–C) groups is 1. The number of carbonyl (C=O) groups is 1. The van der Waals surface area contributed by atoms with Gasteiger partial charge >= 0.3 is 0 Å². The lowest BCUT2D eigenvalue weighted by Gasteiger charge is -2.29. The molecular weight excluding hydrogens is 368 g/mol. The van der Waals surface area contributed by atoms with Crippen molar-refractivity contribution in [2.45, 2.75) is 19.9 Å².